The van der Waals surface area contributed by atoms with E-state index in [-0.39, 0.29) is 10.6 Å². The van der Waals surface area contributed by atoms with Crippen molar-refractivity contribution < 1.29 is 22.7 Å². The van der Waals surface area contributed by atoms with Crippen molar-refractivity contribution in [2.45, 2.75) is 11.8 Å². The number of anilines is 2. The predicted octanol–water partition coefficient (Wildman–Crippen LogP) is 3.85. The summed E-state index contributed by atoms with van der Waals surface area (Å²) in [6.45, 7) is 1.45. The third kappa shape index (κ3) is 5.16. The van der Waals surface area contributed by atoms with Crippen LogP contribution >= 0.6 is 0 Å². The van der Waals surface area contributed by atoms with Crippen molar-refractivity contribution in [1.29, 1.82) is 0 Å². The Morgan fingerprint density at radius 2 is 1.55 bits per heavy atom. The van der Waals surface area contributed by atoms with Crippen molar-refractivity contribution in [2.75, 3.05) is 30.4 Å². The third-order valence-electron chi connectivity index (χ3n) is 4.61. The lowest BCUT2D eigenvalue weighted by Crippen LogP contribution is -2.38. The molecule has 31 heavy (non-hydrogen) atoms. The van der Waals surface area contributed by atoms with Crippen LogP contribution in [0.3, 0.4) is 0 Å². The number of sulfonamides is 1. The van der Waals surface area contributed by atoms with Crippen molar-refractivity contribution in [2.24, 2.45) is 0 Å². The lowest BCUT2D eigenvalue weighted by Gasteiger charge is -2.25. The van der Waals surface area contributed by atoms with Crippen molar-refractivity contribution in [3.05, 3.63) is 78.4 Å². The summed E-state index contributed by atoms with van der Waals surface area (Å²) in [6, 6.07) is 20.0. The number of ether oxygens (including phenoxy) is 2. The van der Waals surface area contributed by atoms with E-state index in [1.807, 2.05) is 13.0 Å². The molecule has 0 aliphatic carbocycles. The quantitative estimate of drug-likeness (QED) is 0.575. The Hall–Kier alpha value is -3.52. The van der Waals surface area contributed by atoms with Gasteiger partial charge in [-0.25, -0.2) is 8.42 Å². The summed E-state index contributed by atoms with van der Waals surface area (Å²) >= 11 is 0. The van der Waals surface area contributed by atoms with Crippen LogP contribution in [0.2, 0.25) is 0 Å². The Kier molecular flexibility index (Phi) is 6.81. The molecule has 0 saturated carbocycles. The molecule has 0 unspecified atom stereocenters. The van der Waals surface area contributed by atoms with Crippen LogP contribution in [0, 0.1) is 6.92 Å². The molecule has 0 saturated heterocycles. The van der Waals surface area contributed by atoms with E-state index in [2.05, 4.69) is 5.32 Å². The van der Waals surface area contributed by atoms with Gasteiger partial charge in [0, 0.05) is 11.8 Å². The zero-order valence-electron chi connectivity index (χ0n) is 17.5. The van der Waals surface area contributed by atoms with Crippen LogP contribution in [0.1, 0.15) is 5.56 Å². The van der Waals surface area contributed by atoms with Gasteiger partial charge in [0.15, 0.2) is 11.5 Å². The highest BCUT2D eigenvalue weighted by atomic mass is 32.2. The van der Waals surface area contributed by atoms with Crippen molar-refractivity contribution >= 4 is 27.3 Å². The van der Waals surface area contributed by atoms with Gasteiger partial charge in [-0.1, -0.05) is 35.9 Å². The van der Waals surface area contributed by atoms with E-state index in [0.29, 0.717) is 17.2 Å². The summed E-state index contributed by atoms with van der Waals surface area (Å²) in [5.41, 5.74) is 1.78. The first-order valence-corrected chi connectivity index (χ1v) is 11.0. The van der Waals surface area contributed by atoms with E-state index in [1.54, 1.807) is 48.5 Å². The fourth-order valence-electron chi connectivity index (χ4n) is 2.98. The maximum absolute atomic E-state index is 13.5. The number of nitrogens with zero attached hydrogens (tertiary/aromatic N) is 1. The molecule has 0 radical (unpaired) electrons. The monoisotopic (exact) mass is 440 g/mol. The minimum Gasteiger partial charge on any atom is -0.493 e. The Bertz CT molecular complexity index is 1150. The van der Waals surface area contributed by atoms with Gasteiger partial charge in [0.2, 0.25) is 5.91 Å². The topological polar surface area (TPSA) is 84.9 Å². The molecule has 0 fully saturated rings. The van der Waals surface area contributed by atoms with E-state index in [4.69, 9.17) is 9.47 Å². The van der Waals surface area contributed by atoms with E-state index < -0.39 is 22.5 Å². The second-order valence-electron chi connectivity index (χ2n) is 6.78. The van der Waals surface area contributed by atoms with E-state index in [1.165, 1.54) is 32.4 Å². The highest BCUT2D eigenvalue weighted by Gasteiger charge is 2.28. The molecule has 3 aromatic rings. The molecule has 0 aliphatic heterocycles. The van der Waals surface area contributed by atoms with Crippen LogP contribution in [0.15, 0.2) is 77.7 Å². The third-order valence-corrected chi connectivity index (χ3v) is 6.40. The number of methoxy groups -OCH3 is 2. The standard InChI is InChI=1S/C23H24N2O5S/c1-17-9-12-20(13-10-17)31(27,28)25(16-23(26)24-18-7-5-4-6-8-18)19-11-14-21(29-2)22(15-19)30-3/h4-15H,16H2,1-3H3,(H,24,26). The molecule has 0 atom stereocenters. The van der Waals surface area contributed by atoms with Gasteiger partial charge in [-0.15, -0.1) is 0 Å². The van der Waals surface area contributed by atoms with Crippen molar-refractivity contribution in [1.82, 2.24) is 0 Å². The minimum atomic E-state index is -4.03. The summed E-state index contributed by atoms with van der Waals surface area (Å²) in [5, 5.41) is 2.72. The normalized spacial score (nSPS) is 10.9. The van der Waals surface area contributed by atoms with Gasteiger partial charge in [0.25, 0.3) is 10.0 Å². The number of hydrogen-bond donors (Lipinski definition) is 1. The van der Waals surface area contributed by atoms with Gasteiger partial charge >= 0.3 is 0 Å². The molecule has 3 rings (SSSR count). The molecule has 0 spiro atoms. The minimum absolute atomic E-state index is 0.0837. The molecule has 0 bridgehead atoms. The number of carbonyl (C=O) groups is 1. The molecule has 7 nitrogen and oxygen atoms in total. The van der Waals surface area contributed by atoms with Gasteiger partial charge in [0.1, 0.15) is 6.54 Å². The molecule has 8 heteroatoms. The first-order chi connectivity index (χ1) is 14.8. The zero-order valence-corrected chi connectivity index (χ0v) is 18.3. The molecular formula is C23H24N2O5S. The fourth-order valence-corrected chi connectivity index (χ4v) is 4.40. The van der Waals surface area contributed by atoms with E-state index in [9.17, 15) is 13.2 Å². The average molecular weight is 441 g/mol. The maximum atomic E-state index is 13.5. The second kappa shape index (κ2) is 9.53. The summed E-state index contributed by atoms with van der Waals surface area (Å²) in [6.07, 6.45) is 0. The van der Waals surface area contributed by atoms with Gasteiger partial charge in [0.05, 0.1) is 24.8 Å². The zero-order chi connectivity index (χ0) is 22.4. The van der Waals surface area contributed by atoms with Crippen LogP contribution in [-0.2, 0) is 14.8 Å². The molecule has 1 amide bonds. The highest BCUT2D eigenvalue weighted by molar-refractivity contribution is 7.92. The van der Waals surface area contributed by atoms with Crippen LogP contribution in [0.5, 0.6) is 11.5 Å². The lowest BCUT2D eigenvalue weighted by atomic mass is 10.2. The van der Waals surface area contributed by atoms with E-state index in [0.717, 1.165) is 9.87 Å². The van der Waals surface area contributed by atoms with Gasteiger partial charge < -0.3 is 14.8 Å². The number of benzene rings is 3. The first kappa shape index (κ1) is 22.2. The number of hydrogen-bond acceptors (Lipinski definition) is 5. The van der Waals surface area contributed by atoms with Gasteiger partial charge in [-0.3, -0.25) is 9.10 Å². The maximum Gasteiger partial charge on any atom is 0.264 e. The summed E-state index contributed by atoms with van der Waals surface area (Å²) in [4.78, 5) is 12.8. The Morgan fingerprint density at radius 3 is 2.16 bits per heavy atom. The average Bonchev–Trinajstić information content (AvgIpc) is 2.78. The number of nitrogens with one attached hydrogen (secondary N) is 1. The fraction of sp³-hybridized carbons (Fsp3) is 0.174. The number of aryl methyl sites for hydroxylation is 1. The summed E-state index contributed by atoms with van der Waals surface area (Å²) in [7, 11) is -1.07. The van der Waals surface area contributed by atoms with Crippen LogP contribution < -0.4 is 19.1 Å². The number of amides is 1. The van der Waals surface area contributed by atoms with Crippen molar-refractivity contribution in [3.63, 3.8) is 0 Å². The van der Waals surface area contributed by atoms with Crippen LogP contribution in [0.4, 0.5) is 11.4 Å². The molecule has 1 N–H and O–H groups in total. The molecule has 3 aromatic carbocycles. The Morgan fingerprint density at radius 1 is 0.903 bits per heavy atom. The Balaban J connectivity index is 2.01. The number of para-hydroxylation sites is 1. The second-order valence-corrected chi connectivity index (χ2v) is 8.64. The molecule has 0 aliphatic rings. The first-order valence-electron chi connectivity index (χ1n) is 9.51. The highest BCUT2D eigenvalue weighted by Crippen LogP contribution is 2.33. The van der Waals surface area contributed by atoms with Crippen LogP contribution in [-0.4, -0.2) is 35.1 Å². The van der Waals surface area contributed by atoms with Crippen LogP contribution in [0.25, 0.3) is 0 Å². The molecule has 0 aromatic heterocycles. The predicted molar refractivity (Wildman–Crippen MR) is 120 cm³/mol. The molecule has 162 valence electrons. The van der Waals surface area contributed by atoms with E-state index >= 15 is 0 Å². The summed E-state index contributed by atoms with van der Waals surface area (Å²) < 4.78 is 38.5. The molecule has 0 heterocycles. The molecular weight excluding hydrogens is 416 g/mol. The Labute approximate surface area is 182 Å². The summed E-state index contributed by atoms with van der Waals surface area (Å²) in [5.74, 6) is 0.330. The smallest absolute Gasteiger partial charge is 0.264 e. The SMILES string of the molecule is COc1ccc(N(CC(=O)Nc2ccccc2)S(=O)(=O)c2ccc(C)cc2)cc1OC. The van der Waals surface area contributed by atoms with Crippen molar-refractivity contribution in [3.8, 4) is 11.5 Å². The number of carbonyl (C=O) groups excluding carboxylic acids is 1. The van der Waals surface area contributed by atoms with Gasteiger partial charge in [-0.2, -0.15) is 0 Å². The lowest BCUT2D eigenvalue weighted by molar-refractivity contribution is -0.114. The number of rotatable bonds is 8. The van der Waals surface area contributed by atoms with Gasteiger partial charge in [-0.05, 0) is 43.3 Å². The largest absolute Gasteiger partial charge is 0.493 e.